The van der Waals surface area contributed by atoms with Crippen LogP contribution in [0.3, 0.4) is 0 Å². The first-order valence-electron chi connectivity index (χ1n) is 7.59. The molecule has 1 aromatic heterocycles. The van der Waals surface area contributed by atoms with Crippen molar-refractivity contribution in [3.63, 3.8) is 0 Å². The fourth-order valence-corrected chi connectivity index (χ4v) is 2.06. The molecule has 2 rings (SSSR count). The van der Waals surface area contributed by atoms with Crippen molar-refractivity contribution in [2.24, 2.45) is 7.05 Å². The predicted octanol–water partition coefficient (Wildman–Crippen LogP) is 0.709. The number of tetrazole rings is 1. The number of nitrogens with zero attached hydrogens (tertiary/aromatic N) is 4. The maximum Gasteiger partial charge on any atom is 0.368 e. The van der Waals surface area contributed by atoms with Crippen LogP contribution in [-0.4, -0.2) is 53.3 Å². The third kappa shape index (κ3) is 4.18. The van der Waals surface area contributed by atoms with Gasteiger partial charge in [-0.25, -0.2) is 9.18 Å². The average molecular weight is 340 g/mol. The van der Waals surface area contributed by atoms with E-state index in [2.05, 4.69) is 10.4 Å². The van der Waals surface area contributed by atoms with E-state index in [0.29, 0.717) is 37.5 Å². The van der Waals surface area contributed by atoms with Crippen LogP contribution in [0.5, 0.6) is 5.75 Å². The minimum Gasteiger partial charge on any atom is -0.489 e. The third-order valence-corrected chi connectivity index (χ3v) is 3.38. The van der Waals surface area contributed by atoms with Crippen LogP contribution >= 0.6 is 0 Å². The van der Waals surface area contributed by atoms with Crippen LogP contribution in [0.15, 0.2) is 16.9 Å². The van der Waals surface area contributed by atoms with Crippen molar-refractivity contribution in [3.05, 3.63) is 34.0 Å². The molecule has 0 radical (unpaired) electrons. The Hall–Kier alpha value is -2.26. The number of benzene rings is 1. The molecule has 1 aromatic carbocycles. The van der Waals surface area contributed by atoms with Crippen LogP contribution < -0.4 is 10.4 Å². The van der Waals surface area contributed by atoms with Crippen molar-refractivity contribution in [2.45, 2.75) is 13.3 Å². The molecule has 0 N–H and O–H groups in total. The summed E-state index contributed by atoms with van der Waals surface area (Å²) in [6, 6.07) is 2.80. The number of aromatic nitrogens is 4. The Kier molecular flexibility index (Phi) is 6.44. The van der Waals surface area contributed by atoms with Gasteiger partial charge in [0.25, 0.3) is 0 Å². The van der Waals surface area contributed by atoms with Crippen molar-refractivity contribution in [3.8, 4) is 11.4 Å². The number of hydrogen-bond donors (Lipinski definition) is 0. The molecule has 0 fully saturated rings. The lowest BCUT2D eigenvalue weighted by Crippen LogP contribution is -2.23. The van der Waals surface area contributed by atoms with Gasteiger partial charge >= 0.3 is 5.69 Å². The molecular weight excluding hydrogens is 319 g/mol. The second-order valence-electron chi connectivity index (χ2n) is 5.02. The van der Waals surface area contributed by atoms with Crippen molar-refractivity contribution in [2.75, 3.05) is 33.5 Å². The number of rotatable bonds is 9. The van der Waals surface area contributed by atoms with Gasteiger partial charge in [-0.2, -0.15) is 9.36 Å². The zero-order chi connectivity index (χ0) is 17.5. The SMILES string of the molecule is CCc1cc(-n2nnn(C)c2=O)c(OCCOCCOC)cc1F. The molecule has 132 valence electrons. The van der Waals surface area contributed by atoms with Crippen LogP contribution in [-0.2, 0) is 22.9 Å². The molecule has 2 aromatic rings. The first-order valence-corrected chi connectivity index (χ1v) is 7.59. The van der Waals surface area contributed by atoms with Crippen LogP contribution in [0.2, 0.25) is 0 Å². The number of methoxy groups -OCH3 is 1. The van der Waals surface area contributed by atoms with E-state index in [1.165, 1.54) is 13.1 Å². The van der Waals surface area contributed by atoms with Crippen LogP contribution in [0.25, 0.3) is 5.69 Å². The molecule has 0 aliphatic carbocycles. The van der Waals surface area contributed by atoms with Gasteiger partial charge in [-0.15, -0.1) is 0 Å². The van der Waals surface area contributed by atoms with Gasteiger partial charge in [-0.05, 0) is 28.5 Å². The molecule has 0 aliphatic heterocycles. The van der Waals surface area contributed by atoms with Gasteiger partial charge in [0.05, 0.1) is 19.8 Å². The van der Waals surface area contributed by atoms with Crippen molar-refractivity contribution < 1.29 is 18.6 Å². The van der Waals surface area contributed by atoms with E-state index in [1.807, 2.05) is 6.92 Å². The highest BCUT2D eigenvalue weighted by Gasteiger charge is 2.16. The maximum atomic E-state index is 14.1. The molecule has 0 bridgehead atoms. The normalized spacial score (nSPS) is 11.0. The summed E-state index contributed by atoms with van der Waals surface area (Å²) in [5.41, 5.74) is 0.374. The van der Waals surface area contributed by atoms with Gasteiger partial charge in [-0.3, -0.25) is 0 Å². The Bertz CT molecular complexity index is 729. The quantitative estimate of drug-likeness (QED) is 0.626. The van der Waals surface area contributed by atoms with E-state index in [0.717, 1.165) is 9.36 Å². The lowest BCUT2D eigenvalue weighted by Gasteiger charge is -2.13. The van der Waals surface area contributed by atoms with Crippen molar-refractivity contribution in [1.82, 2.24) is 19.8 Å². The molecular formula is C15H21FN4O4. The lowest BCUT2D eigenvalue weighted by molar-refractivity contribution is 0.0543. The Morgan fingerprint density at radius 3 is 2.54 bits per heavy atom. The number of hydrogen-bond acceptors (Lipinski definition) is 6. The zero-order valence-corrected chi connectivity index (χ0v) is 14.0. The lowest BCUT2D eigenvalue weighted by atomic mass is 10.1. The Morgan fingerprint density at radius 1 is 1.17 bits per heavy atom. The highest BCUT2D eigenvalue weighted by Crippen LogP contribution is 2.25. The van der Waals surface area contributed by atoms with E-state index in [9.17, 15) is 9.18 Å². The van der Waals surface area contributed by atoms with Gasteiger partial charge in [0, 0.05) is 20.2 Å². The number of ether oxygens (including phenoxy) is 3. The summed E-state index contributed by atoms with van der Waals surface area (Å²) in [5.74, 6) is -0.184. The highest BCUT2D eigenvalue weighted by molar-refractivity contribution is 5.49. The molecule has 0 unspecified atom stereocenters. The van der Waals surface area contributed by atoms with Gasteiger partial charge in [-0.1, -0.05) is 6.92 Å². The summed E-state index contributed by atoms with van der Waals surface area (Å²) < 4.78 is 32.0. The largest absolute Gasteiger partial charge is 0.489 e. The fourth-order valence-electron chi connectivity index (χ4n) is 2.06. The molecule has 0 spiro atoms. The molecule has 8 nitrogen and oxygen atoms in total. The van der Waals surface area contributed by atoms with Crippen LogP contribution in [0.1, 0.15) is 12.5 Å². The van der Waals surface area contributed by atoms with Gasteiger partial charge < -0.3 is 14.2 Å². The minimum absolute atomic E-state index is 0.205. The standard InChI is InChI=1S/C15H21FN4O4/c1-4-11-9-13(20-15(21)19(2)17-18-20)14(10-12(11)16)24-8-7-23-6-5-22-3/h9-10H,4-8H2,1-3H3. The summed E-state index contributed by atoms with van der Waals surface area (Å²) in [7, 11) is 3.07. The third-order valence-electron chi connectivity index (χ3n) is 3.38. The van der Waals surface area contributed by atoms with Crippen molar-refractivity contribution >= 4 is 0 Å². The summed E-state index contributed by atoms with van der Waals surface area (Å²) >= 11 is 0. The Balaban J connectivity index is 2.21. The zero-order valence-electron chi connectivity index (χ0n) is 14.0. The Morgan fingerprint density at radius 2 is 1.92 bits per heavy atom. The van der Waals surface area contributed by atoms with Gasteiger partial charge in [0.2, 0.25) is 0 Å². The number of halogens is 1. The summed E-state index contributed by atoms with van der Waals surface area (Å²) in [4.78, 5) is 12.1. The minimum atomic E-state index is -0.440. The maximum absolute atomic E-state index is 14.1. The summed E-state index contributed by atoms with van der Waals surface area (Å²) in [6.07, 6.45) is 0.480. The van der Waals surface area contributed by atoms with E-state index >= 15 is 0 Å². The van der Waals surface area contributed by atoms with Gasteiger partial charge in [0.1, 0.15) is 23.9 Å². The highest BCUT2D eigenvalue weighted by atomic mass is 19.1. The second-order valence-corrected chi connectivity index (χ2v) is 5.02. The molecule has 0 saturated carbocycles. The predicted molar refractivity (Wildman–Crippen MR) is 84.1 cm³/mol. The Labute approximate surface area is 138 Å². The van der Waals surface area contributed by atoms with E-state index in [-0.39, 0.29) is 12.4 Å². The second kappa shape index (κ2) is 8.55. The average Bonchev–Trinajstić information content (AvgIpc) is 2.90. The molecule has 24 heavy (non-hydrogen) atoms. The molecule has 0 amide bonds. The van der Waals surface area contributed by atoms with Gasteiger partial charge in [0.15, 0.2) is 0 Å². The van der Waals surface area contributed by atoms with E-state index in [4.69, 9.17) is 14.2 Å². The molecule has 0 atom stereocenters. The molecule has 0 saturated heterocycles. The summed E-state index contributed by atoms with van der Waals surface area (Å²) in [5, 5.41) is 7.46. The first kappa shape index (κ1) is 18.1. The fraction of sp³-hybridized carbons (Fsp3) is 0.533. The van der Waals surface area contributed by atoms with E-state index < -0.39 is 11.5 Å². The van der Waals surface area contributed by atoms with Crippen LogP contribution in [0, 0.1) is 5.82 Å². The number of aryl methyl sites for hydroxylation is 2. The monoisotopic (exact) mass is 340 g/mol. The molecule has 0 aliphatic rings. The molecule has 1 heterocycles. The van der Waals surface area contributed by atoms with E-state index in [1.54, 1.807) is 13.2 Å². The van der Waals surface area contributed by atoms with Crippen LogP contribution in [0.4, 0.5) is 4.39 Å². The smallest absolute Gasteiger partial charge is 0.368 e. The molecule has 9 heteroatoms. The summed E-state index contributed by atoms with van der Waals surface area (Å²) in [6.45, 7) is 3.28. The van der Waals surface area contributed by atoms with Crippen molar-refractivity contribution in [1.29, 1.82) is 0 Å². The topological polar surface area (TPSA) is 80.4 Å². The first-order chi connectivity index (χ1) is 11.6.